The van der Waals surface area contributed by atoms with Crippen molar-refractivity contribution in [2.75, 3.05) is 33.3 Å². The summed E-state index contributed by atoms with van der Waals surface area (Å²) >= 11 is 0. The Morgan fingerprint density at radius 2 is 1.78 bits per heavy atom. The molecule has 0 unspecified atom stereocenters. The fourth-order valence-electron chi connectivity index (χ4n) is 3.44. The second-order valence-electron chi connectivity index (χ2n) is 6.83. The highest BCUT2D eigenvalue weighted by Crippen LogP contribution is 2.25. The molecule has 3 rings (SSSR count). The van der Waals surface area contributed by atoms with Gasteiger partial charge < -0.3 is 14.5 Å². The second-order valence-corrected chi connectivity index (χ2v) is 6.83. The molecule has 1 aliphatic heterocycles. The molecule has 1 saturated heterocycles. The van der Waals surface area contributed by atoms with Crippen LogP contribution >= 0.6 is 0 Å². The molecule has 0 spiro atoms. The van der Waals surface area contributed by atoms with E-state index >= 15 is 0 Å². The van der Waals surface area contributed by atoms with Crippen molar-refractivity contribution in [1.29, 1.82) is 0 Å². The molecule has 1 fully saturated rings. The van der Waals surface area contributed by atoms with E-state index in [0.717, 1.165) is 22.4 Å². The fourth-order valence-corrected chi connectivity index (χ4v) is 3.44. The number of benzene rings is 1. The lowest BCUT2D eigenvalue weighted by atomic mass is 10.0. The van der Waals surface area contributed by atoms with Crippen LogP contribution in [0.3, 0.4) is 0 Å². The summed E-state index contributed by atoms with van der Waals surface area (Å²) in [5, 5.41) is 0. The third-order valence-corrected chi connectivity index (χ3v) is 4.93. The SMILES string of the molecule is COc1cc(C)cc(C)c1CC(=O)N1CCN(C(=O)c2ccccn2)CC1. The molecule has 0 aliphatic carbocycles. The Morgan fingerprint density at radius 3 is 2.41 bits per heavy atom. The summed E-state index contributed by atoms with van der Waals surface area (Å²) in [7, 11) is 1.63. The first-order chi connectivity index (χ1) is 13.0. The molecular weight excluding hydrogens is 342 g/mol. The summed E-state index contributed by atoms with van der Waals surface area (Å²) in [6.45, 7) is 6.12. The van der Waals surface area contributed by atoms with Crippen molar-refractivity contribution in [2.45, 2.75) is 20.3 Å². The van der Waals surface area contributed by atoms with Crippen molar-refractivity contribution >= 4 is 11.8 Å². The number of piperazine rings is 1. The van der Waals surface area contributed by atoms with Crippen LogP contribution in [0.5, 0.6) is 5.75 Å². The van der Waals surface area contributed by atoms with Crippen LogP contribution in [0.1, 0.15) is 27.2 Å². The Bertz CT molecular complexity index is 828. The lowest BCUT2D eigenvalue weighted by Crippen LogP contribution is -2.51. The summed E-state index contributed by atoms with van der Waals surface area (Å²) in [4.78, 5) is 32.9. The van der Waals surface area contributed by atoms with Crippen molar-refractivity contribution < 1.29 is 14.3 Å². The van der Waals surface area contributed by atoms with Gasteiger partial charge in [-0.15, -0.1) is 0 Å². The average Bonchev–Trinajstić information content (AvgIpc) is 2.69. The van der Waals surface area contributed by atoms with Crippen molar-refractivity contribution in [3.05, 3.63) is 58.9 Å². The van der Waals surface area contributed by atoms with Crippen LogP contribution in [0.4, 0.5) is 0 Å². The Hall–Kier alpha value is -2.89. The molecule has 2 heterocycles. The second kappa shape index (κ2) is 8.20. The number of methoxy groups -OCH3 is 1. The topological polar surface area (TPSA) is 62.7 Å². The molecule has 142 valence electrons. The average molecular weight is 367 g/mol. The highest BCUT2D eigenvalue weighted by molar-refractivity contribution is 5.92. The molecule has 1 aliphatic rings. The molecular formula is C21H25N3O3. The molecule has 0 bridgehead atoms. The minimum absolute atomic E-state index is 0.0604. The van der Waals surface area contributed by atoms with Crippen LogP contribution in [0.25, 0.3) is 0 Å². The summed E-state index contributed by atoms with van der Waals surface area (Å²) in [5.74, 6) is 0.730. The van der Waals surface area contributed by atoms with E-state index in [9.17, 15) is 9.59 Å². The van der Waals surface area contributed by atoms with Gasteiger partial charge in [0, 0.05) is 37.9 Å². The third-order valence-electron chi connectivity index (χ3n) is 4.93. The van der Waals surface area contributed by atoms with Crippen LogP contribution in [0, 0.1) is 13.8 Å². The predicted molar refractivity (Wildman–Crippen MR) is 103 cm³/mol. The highest BCUT2D eigenvalue weighted by Gasteiger charge is 2.26. The lowest BCUT2D eigenvalue weighted by molar-refractivity contribution is -0.131. The number of hydrogen-bond acceptors (Lipinski definition) is 4. The lowest BCUT2D eigenvalue weighted by Gasteiger charge is -2.34. The number of carbonyl (C=O) groups excluding carboxylic acids is 2. The molecule has 0 saturated carbocycles. The van der Waals surface area contributed by atoms with E-state index in [1.54, 1.807) is 36.4 Å². The van der Waals surface area contributed by atoms with Gasteiger partial charge in [0.1, 0.15) is 11.4 Å². The van der Waals surface area contributed by atoms with Crippen molar-refractivity contribution in [1.82, 2.24) is 14.8 Å². The van der Waals surface area contributed by atoms with Crippen molar-refractivity contribution in [2.24, 2.45) is 0 Å². The molecule has 0 atom stereocenters. The summed E-state index contributed by atoms with van der Waals surface area (Å²) in [5.41, 5.74) is 3.55. The normalized spacial score (nSPS) is 14.2. The first-order valence-corrected chi connectivity index (χ1v) is 9.12. The Kier molecular flexibility index (Phi) is 5.74. The number of pyridine rings is 1. The van der Waals surface area contributed by atoms with Crippen LogP contribution in [0.15, 0.2) is 36.5 Å². The van der Waals surface area contributed by atoms with Crippen LogP contribution in [0.2, 0.25) is 0 Å². The number of carbonyl (C=O) groups is 2. The number of aromatic nitrogens is 1. The summed E-state index contributed by atoms with van der Waals surface area (Å²) in [6, 6.07) is 9.33. The molecule has 2 aromatic rings. The van der Waals surface area contributed by atoms with Gasteiger partial charge in [-0.05, 0) is 43.2 Å². The summed E-state index contributed by atoms with van der Waals surface area (Å²) < 4.78 is 5.46. The molecule has 1 aromatic heterocycles. The minimum Gasteiger partial charge on any atom is -0.496 e. The maximum Gasteiger partial charge on any atom is 0.272 e. The zero-order valence-corrected chi connectivity index (χ0v) is 16.1. The Labute approximate surface area is 159 Å². The third kappa shape index (κ3) is 4.27. The van der Waals surface area contributed by atoms with E-state index in [1.165, 1.54) is 0 Å². The Balaban J connectivity index is 1.62. The molecule has 6 heteroatoms. The van der Waals surface area contributed by atoms with Gasteiger partial charge in [-0.1, -0.05) is 12.1 Å². The standard InChI is InChI=1S/C21H25N3O3/c1-15-12-16(2)17(19(13-15)27-3)14-20(25)23-8-10-24(11-9-23)21(26)18-6-4-5-7-22-18/h4-7,12-13H,8-11,14H2,1-3H3. The van der Waals surface area contributed by atoms with Gasteiger partial charge in [0.05, 0.1) is 13.5 Å². The molecule has 27 heavy (non-hydrogen) atoms. The number of hydrogen-bond donors (Lipinski definition) is 0. The Morgan fingerprint density at radius 1 is 1.07 bits per heavy atom. The van der Waals surface area contributed by atoms with Gasteiger partial charge in [-0.2, -0.15) is 0 Å². The van der Waals surface area contributed by atoms with Crippen LogP contribution in [-0.4, -0.2) is 59.9 Å². The monoisotopic (exact) mass is 367 g/mol. The van der Waals surface area contributed by atoms with Crippen molar-refractivity contribution in [3.63, 3.8) is 0 Å². The number of rotatable bonds is 4. The van der Waals surface area contributed by atoms with Gasteiger partial charge in [0.25, 0.3) is 5.91 Å². The van der Waals surface area contributed by atoms with E-state index < -0.39 is 0 Å². The quantitative estimate of drug-likeness (QED) is 0.831. The van der Waals surface area contributed by atoms with Crippen LogP contribution < -0.4 is 4.74 Å². The summed E-state index contributed by atoms with van der Waals surface area (Å²) in [6.07, 6.45) is 1.92. The van der Waals surface area contributed by atoms with Crippen LogP contribution in [-0.2, 0) is 11.2 Å². The molecule has 1 aromatic carbocycles. The molecule has 0 N–H and O–H groups in total. The van der Waals surface area contributed by atoms with E-state index in [-0.39, 0.29) is 11.8 Å². The molecule has 6 nitrogen and oxygen atoms in total. The number of nitrogens with zero attached hydrogens (tertiary/aromatic N) is 3. The van der Waals surface area contributed by atoms with E-state index in [1.807, 2.05) is 24.8 Å². The van der Waals surface area contributed by atoms with Crippen molar-refractivity contribution in [3.8, 4) is 5.75 Å². The largest absolute Gasteiger partial charge is 0.496 e. The number of aryl methyl sites for hydroxylation is 2. The maximum atomic E-state index is 12.8. The first-order valence-electron chi connectivity index (χ1n) is 9.12. The van der Waals surface area contributed by atoms with E-state index in [4.69, 9.17) is 4.74 Å². The van der Waals surface area contributed by atoms with Gasteiger partial charge >= 0.3 is 0 Å². The predicted octanol–water partition coefficient (Wildman–Crippen LogP) is 2.23. The van der Waals surface area contributed by atoms with E-state index in [0.29, 0.717) is 38.3 Å². The fraction of sp³-hybridized carbons (Fsp3) is 0.381. The molecule has 0 radical (unpaired) electrons. The number of amides is 2. The van der Waals surface area contributed by atoms with Gasteiger partial charge in [0.2, 0.25) is 5.91 Å². The van der Waals surface area contributed by atoms with Gasteiger partial charge in [0.15, 0.2) is 0 Å². The molecule has 2 amide bonds. The van der Waals surface area contributed by atoms with Gasteiger partial charge in [-0.25, -0.2) is 0 Å². The zero-order valence-electron chi connectivity index (χ0n) is 16.1. The highest BCUT2D eigenvalue weighted by atomic mass is 16.5. The minimum atomic E-state index is -0.0845. The smallest absolute Gasteiger partial charge is 0.272 e. The maximum absolute atomic E-state index is 12.8. The first kappa shape index (κ1) is 18.9. The van der Waals surface area contributed by atoms with Gasteiger partial charge in [-0.3, -0.25) is 14.6 Å². The number of ether oxygens (including phenoxy) is 1. The van der Waals surface area contributed by atoms with E-state index in [2.05, 4.69) is 11.1 Å². The zero-order chi connectivity index (χ0) is 19.4.